The van der Waals surface area contributed by atoms with Gasteiger partial charge in [-0.1, -0.05) is 17.7 Å². The number of anilines is 2. The van der Waals surface area contributed by atoms with Crippen LogP contribution in [0.1, 0.15) is 31.2 Å². The van der Waals surface area contributed by atoms with E-state index in [0.29, 0.717) is 57.9 Å². The zero-order valence-electron chi connectivity index (χ0n) is 22.3. The minimum Gasteiger partial charge on any atom is -0.494 e. The van der Waals surface area contributed by atoms with E-state index in [9.17, 15) is 22.2 Å². The van der Waals surface area contributed by atoms with Crippen molar-refractivity contribution >= 4 is 32.9 Å². The van der Waals surface area contributed by atoms with Gasteiger partial charge in [0.2, 0.25) is 5.91 Å². The molecule has 1 atom stereocenters. The second-order valence-corrected chi connectivity index (χ2v) is 12.9. The molecule has 0 bridgehead atoms. The number of hydrogen-bond acceptors (Lipinski definition) is 5. The molecule has 2 N–H and O–H groups in total. The Balaban J connectivity index is 1.34. The molecule has 2 saturated heterocycles. The number of nitrogens with two attached hydrogens (primary N) is 1. The highest BCUT2D eigenvalue weighted by atomic mass is 32.2. The van der Waals surface area contributed by atoms with Crippen molar-refractivity contribution in [1.29, 1.82) is 0 Å². The van der Waals surface area contributed by atoms with Gasteiger partial charge in [0.1, 0.15) is 10.5 Å². The third kappa shape index (κ3) is 6.63. The molecule has 0 saturated carbocycles. The molecule has 2 aliphatic heterocycles. The Kier molecular flexibility index (Phi) is 8.70. The number of piperazine rings is 1. The van der Waals surface area contributed by atoms with Crippen molar-refractivity contribution in [2.45, 2.75) is 43.5 Å². The number of rotatable bonds is 9. The summed E-state index contributed by atoms with van der Waals surface area (Å²) in [5.74, 6) is 4.07. The maximum atomic E-state index is 14.2. The van der Waals surface area contributed by atoms with Crippen molar-refractivity contribution in [2.24, 2.45) is 5.73 Å². The number of primary amides is 1. The molecule has 1 unspecified atom stereocenters. The van der Waals surface area contributed by atoms with E-state index in [1.165, 1.54) is 5.56 Å². The van der Waals surface area contributed by atoms with Gasteiger partial charge >= 0.3 is 6.18 Å². The fourth-order valence-electron chi connectivity index (χ4n) is 5.31. The first-order valence-electron chi connectivity index (χ1n) is 13.2. The van der Waals surface area contributed by atoms with Crippen LogP contribution >= 0.6 is 0 Å². The summed E-state index contributed by atoms with van der Waals surface area (Å²) in [7, 11) is -2.99. The van der Waals surface area contributed by atoms with Gasteiger partial charge in [0, 0.05) is 66.8 Å². The van der Waals surface area contributed by atoms with E-state index < -0.39 is 33.0 Å². The number of aryl methyl sites for hydroxylation is 1. The summed E-state index contributed by atoms with van der Waals surface area (Å²) in [5.41, 5.74) is 9.09. The summed E-state index contributed by atoms with van der Waals surface area (Å²) in [6.07, 6.45) is -4.38. The van der Waals surface area contributed by atoms with Crippen LogP contribution in [-0.2, 0) is 14.5 Å². The highest BCUT2D eigenvalue weighted by molar-refractivity contribution is 8.00. The molecule has 39 heavy (non-hydrogen) atoms. The Hall–Kier alpha value is -2.92. The van der Waals surface area contributed by atoms with Crippen molar-refractivity contribution in [2.75, 3.05) is 55.7 Å². The van der Waals surface area contributed by atoms with Gasteiger partial charge in [-0.25, -0.2) is 4.31 Å². The van der Waals surface area contributed by atoms with Crippen LogP contribution in [0.3, 0.4) is 0 Å². The quantitative estimate of drug-likeness (QED) is 0.367. The number of nitrogens with zero attached hydrogens (tertiary/aromatic N) is 3. The molecule has 2 aromatic carbocycles. The Morgan fingerprint density at radius 1 is 0.949 bits per heavy atom. The highest BCUT2D eigenvalue weighted by Crippen LogP contribution is 2.36. The van der Waals surface area contributed by atoms with E-state index in [1.54, 1.807) is 12.1 Å². The normalized spacial score (nSPS) is 19.9. The molecular weight excluding hydrogens is 529 g/mol. The molecule has 2 aliphatic rings. The van der Waals surface area contributed by atoms with Gasteiger partial charge in [-0.05, 0) is 68.5 Å². The van der Waals surface area contributed by atoms with Crippen molar-refractivity contribution in [3.05, 3.63) is 54.1 Å². The molecule has 7 nitrogen and oxygen atoms in total. The molecule has 0 spiro atoms. The monoisotopic (exact) mass is 566 g/mol. The number of ether oxygens (including phenoxy) is 1. The minimum absolute atomic E-state index is 0.000215. The van der Waals surface area contributed by atoms with Gasteiger partial charge in [-0.3, -0.25) is 9.00 Å². The molecule has 0 radical (unpaired) electrons. The fourth-order valence-corrected chi connectivity index (χ4v) is 7.69. The lowest BCUT2D eigenvalue weighted by molar-refractivity contribution is -0.136. The topological polar surface area (TPSA) is 79.1 Å². The van der Waals surface area contributed by atoms with Crippen LogP contribution in [0.15, 0.2) is 48.5 Å². The van der Waals surface area contributed by atoms with Crippen LogP contribution in [0.25, 0.3) is 0 Å². The molecule has 0 aromatic heterocycles. The third-order valence-electron chi connectivity index (χ3n) is 7.76. The molecule has 0 aliphatic carbocycles. The Morgan fingerprint density at radius 3 is 1.97 bits per heavy atom. The highest BCUT2D eigenvalue weighted by Gasteiger charge is 2.50. The number of benzene rings is 2. The number of piperidine rings is 1. The van der Waals surface area contributed by atoms with Crippen molar-refractivity contribution in [3.8, 4) is 5.75 Å². The van der Waals surface area contributed by atoms with Crippen LogP contribution < -0.4 is 20.3 Å². The van der Waals surface area contributed by atoms with Crippen LogP contribution in [-0.4, -0.2) is 77.1 Å². The molecule has 214 valence electrons. The number of carbonyl (C=O) groups excluding carboxylic acids is 1. The fraction of sp³-hybridized carbons (Fsp3) is 0.500. The third-order valence-corrected chi connectivity index (χ3v) is 10.8. The number of carbonyl (C=O) groups is 1. The van der Waals surface area contributed by atoms with E-state index >= 15 is 0 Å². The van der Waals surface area contributed by atoms with Gasteiger partial charge in [-0.2, -0.15) is 13.2 Å². The van der Waals surface area contributed by atoms with Gasteiger partial charge in [0.15, 0.2) is 0 Å². The van der Waals surface area contributed by atoms with Gasteiger partial charge in [0.05, 0.1) is 6.61 Å². The smallest absolute Gasteiger partial charge is 0.389 e. The maximum absolute atomic E-state index is 14.2. The largest absolute Gasteiger partial charge is 0.494 e. The SMILES string of the molecule is C=S(=O)(N1CCN(c2ccc(OCCCC(F)(F)F)cc2)CC1)C1(C(N)=O)CCN(c2ccc(C)cc2)CC1. The zero-order chi connectivity index (χ0) is 28.3. The van der Waals surface area contributed by atoms with Gasteiger partial charge in [0.25, 0.3) is 0 Å². The van der Waals surface area contributed by atoms with E-state index in [4.69, 9.17) is 10.5 Å². The van der Waals surface area contributed by atoms with Crippen molar-refractivity contribution in [3.63, 3.8) is 0 Å². The number of amides is 1. The lowest BCUT2D eigenvalue weighted by atomic mass is 9.94. The first-order valence-corrected chi connectivity index (χ1v) is 14.9. The Morgan fingerprint density at radius 2 is 1.46 bits per heavy atom. The van der Waals surface area contributed by atoms with Crippen LogP contribution in [0.2, 0.25) is 0 Å². The number of alkyl halides is 3. The standard InChI is InChI=1S/C28H37F3N4O3S/c1-22-4-6-23(7-5-22)33-15-13-27(14-16-33,26(32)36)39(2,37)35-19-17-34(18-20-35)24-8-10-25(11-9-24)38-21-3-12-28(29,30)31/h4-11H,2-3,12-21H2,1H3,(H2,32,36). The molecule has 1 amide bonds. The number of hydrogen-bond donors (Lipinski definition) is 1. The molecule has 11 heteroatoms. The number of halogens is 3. The summed E-state index contributed by atoms with van der Waals surface area (Å²) in [6.45, 7) is 5.28. The van der Waals surface area contributed by atoms with E-state index in [2.05, 4.69) is 39.9 Å². The second-order valence-electron chi connectivity index (χ2n) is 10.3. The average Bonchev–Trinajstić information content (AvgIpc) is 2.91. The van der Waals surface area contributed by atoms with Crippen LogP contribution in [0.5, 0.6) is 5.75 Å². The lowest BCUT2D eigenvalue weighted by Gasteiger charge is -2.47. The van der Waals surface area contributed by atoms with E-state index in [-0.39, 0.29) is 13.0 Å². The summed E-state index contributed by atoms with van der Waals surface area (Å²) < 4.78 is 57.1. The van der Waals surface area contributed by atoms with Crippen molar-refractivity contribution in [1.82, 2.24) is 4.31 Å². The summed E-state index contributed by atoms with van der Waals surface area (Å²) in [4.78, 5) is 17.1. The van der Waals surface area contributed by atoms with Gasteiger partial charge in [-0.15, -0.1) is 0 Å². The predicted octanol–water partition coefficient (Wildman–Crippen LogP) is 3.99. The van der Waals surface area contributed by atoms with Crippen LogP contribution in [0.4, 0.5) is 24.5 Å². The summed E-state index contributed by atoms with van der Waals surface area (Å²) >= 11 is 0. The molecule has 2 fully saturated rings. The second kappa shape index (κ2) is 11.7. The van der Waals surface area contributed by atoms with Crippen LogP contribution in [0, 0.1) is 6.92 Å². The summed E-state index contributed by atoms with van der Waals surface area (Å²) in [6, 6.07) is 15.4. The Labute approximate surface area is 228 Å². The minimum atomic E-state index is -4.18. The first-order chi connectivity index (χ1) is 18.4. The zero-order valence-corrected chi connectivity index (χ0v) is 23.1. The van der Waals surface area contributed by atoms with E-state index in [1.807, 2.05) is 23.4 Å². The Bertz CT molecular complexity index is 1220. The summed E-state index contributed by atoms with van der Waals surface area (Å²) in [5, 5.41) is 0. The molecule has 2 aromatic rings. The predicted molar refractivity (Wildman–Crippen MR) is 151 cm³/mol. The van der Waals surface area contributed by atoms with E-state index in [0.717, 1.165) is 11.4 Å². The maximum Gasteiger partial charge on any atom is 0.389 e. The molecule has 2 heterocycles. The molecular formula is C28H37F3N4O3S. The first kappa shape index (κ1) is 29.1. The molecule has 4 rings (SSSR count). The van der Waals surface area contributed by atoms with Crippen molar-refractivity contribution < 1.29 is 26.9 Å². The average molecular weight is 567 g/mol. The lowest BCUT2D eigenvalue weighted by Crippen LogP contribution is -2.63. The van der Waals surface area contributed by atoms with Gasteiger partial charge < -0.3 is 20.3 Å².